The molecule has 3 nitrogen and oxygen atoms in total. The van der Waals surface area contributed by atoms with Gasteiger partial charge in [-0.1, -0.05) is 26.0 Å². The minimum Gasteiger partial charge on any atom is -0.493 e. The predicted molar refractivity (Wildman–Crippen MR) is 89.1 cm³/mol. The standard InChI is InChI=1S/C17H24N2OS/c1-12(2)13-6-5-7-14(10-13)20-9-8-16-19-15(11-21-16)17(3,4)18/h5-7,10-12H,8-9,18H2,1-4H3. The van der Waals surface area contributed by atoms with E-state index in [0.29, 0.717) is 12.5 Å². The van der Waals surface area contributed by atoms with E-state index in [1.807, 2.05) is 31.4 Å². The maximum absolute atomic E-state index is 6.05. The topological polar surface area (TPSA) is 48.1 Å². The van der Waals surface area contributed by atoms with E-state index >= 15 is 0 Å². The Labute approximate surface area is 131 Å². The molecule has 1 aromatic heterocycles. The minimum absolute atomic E-state index is 0.374. The molecule has 114 valence electrons. The number of nitrogens with two attached hydrogens (primary N) is 1. The number of benzene rings is 1. The van der Waals surface area contributed by atoms with Crippen LogP contribution in [0.4, 0.5) is 0 Å². The second kappa shape index (κ2) is 6.58. The van der Waals surface area contributed by atoms with Gasteiger partial charge >= 0.3 is 0 Å². The Bertz CT molecular complexity index is 584. The van der Waals surface area contributed by atoms with Crippen molar-refractivity contribution in [1.29, 1.82) is 0 Å². The molecule has 0 fully saturated rings. The van der Waals surface area contributed by atoms with E-state index in [9.17, 15) is 0 Å². The maximum atomic E-state index is 6.05. The highest BCUT2D eigenvalue weighted by Gasteiger charge is 2.17. The number of hydrogen-bond donors (Lipinski definition) is 1. The summed E-state index contributed by atoms with van der Waals surface area (Å²) in [4.78, 5) is 4.57. The van der Waals surface area contributed by atoms with Gasteiger partial charge in [0.2, 0.25) is 0 Å². The van der Waals surface area contributed by atoms with Crippen LogP contribution in [0.1, 0.15) is 49.9 Å². The molecule has 0 atom stereocenters. The molecule has 2 rings (SSSR count). The first-order chi connectivity index (χ1) is 9.86. The molecule has 4 heteroatoms. The Hall–Kier alpha value is -1.39. The summed E-state index contributed by atoms with van der Waals surface area (Å²) in [6.45, 7) is 8.95. The zero-order valence-corrected chi connectivity index (χ0v) is 14.0. The lowest BCUT2D eigenvalue weighted by molar-refractivity contribution is 0.321. The SMILES string of the molecule is CC(C)c1cccc(OCCc2nc(C(C)(C)N)cs2)c1. The summed E-state index contributed by atoms with van der Waals surface area (Å²) in [6.07, 6.45) is 0.812. The molecule has 0 aliphatic heterocycles. The number of nitrogens with zero attached hydrogens (tertiary/aromatic N) is 1. The van der Waals surface area contributed by atoms with E-state index in [1.54, 1.807) is 11.3 Å². The minimum atomic E-state index is -0.374. The smallest absolute Gasteiger partial charge is 0.119 e. The molecule has 0 aliphatic rings. The van der Waals surface area contributed by atoms with Crippen LogP contribution >= 0.6 is 11.3 Å². The molecule has 0 saturated heterocycles. The Morgan fingerprint density at radius 1 is 1.33 bits per heavy atom. The number of rotatable bonds is 6. The predicted octanol–water partition coefficient (Wildman–Crippen LogP) is 4.08. The van der Waals surface area contributed by atoms with Crippen molar-refractivity contribution in [2.24, 2.45) is 5.73 Å². The van der Waals surface area contributed by atoms with Gasteiger partial charge in [-0.15, -0.1) is 11.3 Å². The summed E-state index contributed by atoms with van der Waals surface area (Å²) >= 11 is 1.65. The van der Waals surface area contributed by atoms with E-state index < -0.39 is 0 Å². The van der Waals surface area contributed by atoms with Crippen LogP contribution in [-0.2, 0) is 12.0 Å². The highest BCUT2D eigenvalue weighted by atomic mass is 32.1. The monoisotopic (exact) mass is 304 g/mol. The summed E-state index contributed by atoms with van der Waals surface area (Å²) in [7, 11) is 0. The van der Waals surface area contributed by atoms with Crippen LogP contribution in [0.5, 0.6) is 5.75 Å². The lowest BCUT2D eigenvalue weighted by atomic mass is 10.0. The average molecular weight is 304 g/mol. The zero-order valence-electron chi connectivity index (χ0n) is 13.2. The first-order valence-electron chi connectivity index (χ1n) is 7.33. The van der Waals surface area contributed by atoms with Gasteiger partial charge in [-0.25, -0.2) is 4.98 Å². The molecule has 1 aromatic carbocycles. The van der Waals surface area contributed by atoms with Crippen LogP contribution in [0.25, 0.3) is 0 Å². The van der Waals surface area contributed by atoms with E-state index in [4.69, 9.17) is 10.5 Å². The molecule has 0 unspecified atom stereocenters. The number of thiazole rings is 1. The van der Waals surface area contributed by atoms with E-state index in [1.165, 1.54) is 5.56 Å². The summed E-state index contributed by atoms with van der Waals surface area (Å²) < 4.78 is 5.83. The highest BCUT2D eigenvalue weighted by molar-refractivity contribution is 7.09. The fourth-order valence-corrected chi connectivity index (χ4v) is 2.90. The fourth-order valence-electron chi connectivity index (χ4n) is 1.94. The van der Waals surface area contributed by atoms with Crippen LogP contribution in [0.15, 0.2) is 29.6 Å². The van der Waals surface area contributed by atoms with Gasteiger partial charge in [0.25, 0.3) is 0 Å². The van der Waals surface area contributed by atoms with Crippen molar-refractivity contribution in [2.75, 3.05) is 6.61 Å². The molecule has 2 N–H and O–H groups in total. The van der Waals surface area contributed by atoms with Crippen molar-refractivity contribution in [3.8, 4) is 5.75 Å². The van der Waals surface area contributed by atoms with Crippen molar-refractivity contribution in [3.63, 3.8) is 0 Å². The van der Waals surface area contributed by atoms with Gasteiger partial charge in [0.05, 0.1) is 22.8 Å². The first-order valence-corrected chi connectivity index (χ1v) is 8.21. The Balaban J connectivity index is 1.90. The largest absolute Gasteiger partial charge is 0.493 e. The second-order valence-corrected chi connectivity index (χ2v) is 7.12. The summed E-state index contributed by atoms with van der Waals surface area (Å²) in [5.41, 5.74) is 7.92. The summed E-state index contributed by atoms with van der Waals surface area (Å²) in [5, 5.41) is 3.11. The third kappa shape index (κ3) is 4.55. The number of aromatic nitrogens is 1. The van der Waals surface area contributed by atoms with Gasteiger partial charge < -0.3 is 10.5 Å². The van der Waals surface area contributed by atoms with Crippen molar-refractivity contribution >= 4 is 11.3 Å². The molecule has 2 aromatic rings. The fraction of sp³-hybridized carbons (Fsp3) is 0.471. The molecule has 0 radical (unpaired) electrons. The van der Waals surface area contributed by atoms with Crippen LogP contribution in [-0.4, -0.2) is 11.6 Å². The third-order valence-electron chi connectivity index (χ3n) is 3.32. The normalized spacial score (nSPS) is 11.9. The summed E-state index contributed by atoms with van der Waals surface area (Å²) in [5.74, 6) is 1.44. The zero-order chi connectivity index (χ0) is 15.5. The van der Waals surface area contributed by atoms with Crippen molar-refractivity contribution < 1.29 is 4.74 Å². The van der Waals surface area contributed by atoms with E-state index in [0.717, 1.165) is 22.9 Å². The van der Waals surface area contributed by atoms with Gasteiger partial charge in [0.15, 0.2) is 0 Å². The Morgan fingerprint density at radius 3 is 2.71 bits per heavy atom. The molecule has 1 heterocycles. The van der Waals surface area contributed by atoms with Gasteiger partial charge in [-0.2, -0.15) is 0 Å². The van der Waals surface area contributed by atoms with Gasteiger partial charge in [0, 0.05) is 11.8 Å². The molecule has 0 aliphatic carbocycles. The second-order valence-electron chi connectivity index (χ2n) is 6.17. The molecule has 0 saturated carbocycles. The van der Waals surface area contributed by atoms with Crippen LogP contribution in [0.3, 0.4) is 0 Å². The molecule has 21 heavy (non-hydrogen) atoms. The van der Waals surface area contributed by atoms with Crippen molar-refractivity contribution in [3.05, 3.63) is 45.9 Å². The first kappa shape index (κ1) is 16.0. The van der Waals surface area contributed by atoms with Gasteiger partial charge in [-0.3, -0.25) is 0 Å². The highest BCUT2D eigenvalue weighted by Crippen LogP contribution is 2.22. The van der Waals surface area contributed by atoms with Crippen molar-refractivity contribution in [1.82, 2.24) is 4.98 Å². The Morgan fingerprint density at radius 2 is 2.10 bits per heavy atom. The molecule has 0 bridgehead atoms. The maximum Gasteiger partial charge on any atom is 0.119 e. The molecular weight excluding hydrogens is 280 g/mol. The lowest BCUT2D eigenvalue weighted by Gasteiger charge is -2.14. The molecular formula is C17H24N2OS. The van der Waals surface area contributed by atoms with E-state index in [-0.39, 0.29) is 5.54 Å². The Kier molecular flexibility index (Phi) is 5.01. The molecule has 0 spiro atoms. The van der Waals surface area contributed by atoms with Gasteiger partial charge in [-0.05, 0) is 37.5 Å². The lowest BCUT2D eigenvalue weighted by Crippen LogP contribution is -2.29. The van der Waals surface area contributed by atoms with Crippen molar-refractivity contribution in [2.45, 2.75) is 45.6 Å². The third-order valence-corrected chi connectivity index (χ3v) is 4.23. The van der Waals surface area contributed by atoms with E-state index in [2.05, 4.69) is 31.0 Å². The van der Waals surface area contributed by atoms with Crippen LogP contribution in [0.2, 0.25) is 0 Å². The van der Waals surface area contributed by atoms with Gasteiger partial charge in [0.1, 0.15) is 5.75 Å². The number of ether oxygens (including phenoxy) is 1. The average Bonchev–Trinajstić information content (AvgIpc) is 2.88. The molecule has 0 amide bonds. The number of hydrogen-bond acceptors (Lipinski definition) is 4. The van der Waals surface area contributed by atoms with Crippen LogP contribution < -0.4 is 10.5 Å². The quantitative estimate of drug-likeness (QED) is 0.874. The van der Waals surface area contributed by atoms with Crippen LogP contribution in [0, 0.1) is 0 Å². The summed E-state index contributed by atoms with van der Waals surface area (Å²) in [6, 6.07) is 8.29.